The molecule has 0 aromatic heterocycles. The average molecular weight is 556 g/mol. The molecule has 1 N–H and O–H groups in total. The highest BCUT2D eigenvalue weighted by atomic mass is 16.5. The zero-order chi connectivity index (χ0) is 29.9. The molecule has 1 unspecified atom stereocenters. The number of amides is 1. The standard InChI is InChI=1S/C34H37NO6/c1-7-40-27-17-16-25(19-26(27)34(4,5)6)30(36)28-29(24-11-9-10-21(3)18-24)35(32(38)31(28)37)20-22-12-14-23(15-13-22)33(39)41-8-2/h9-19,29,36H,7-8,20H2,1-6H3/b30-28-. The summed E-state index contributed by atoms with van der Waals surface area (Å²) in [6.45, 7) is 12.6. The minimum atomic E-state index is -0.802. The predicted octanol–water partition coefficient (Wildman–Crippen LogP) is 6.49. The molecule has 0 spiro atoms. The molecule has 3 aromatic rings. The number of aliphatic hydroxyl groups excluding tert-OH is 1. The van der Waals surface area contributed by atoms with E-state index in [4.69, 9.17) is 9.47 Å². The maximum absolute atomic E-state index is 13.6. The highest BCUT2D eigenvalue weighted by molar-refractivity contribution is 6.46. The van der Waals surface area contributed by atoms with Crippen molar-refractivity contribution >= 4 is 23.4 Å². The van der Waals surface area contributed by atoms with E-state index in [1.807, 2.05) is 65.0 Å². The zero-order valence-corrected chi connectivity index (χ0v) is 24.5. The Balaban J connectivity index is 1.82. The van der Waals surface area contributed by atoms with E-state index in [9.17, 15) is 19.5 Å². The van der Waals surface area contributed by atoms with Gasteiger partial charge in [-0.1, -0.05) is 62.7 Å². The number of ketones is 1. The molecule has 1 fully saturated rings. The van der Waals surface area contributed by atoms with Gasteiger partial charge in [-0.25, -0.2) is 4.79 Å². The van der Waals surface area contributed by atoms with Crippen molar-refractivity contribution in [1.82, 2.24) is 4.90 Å². The van der Waals surface area contributed by atoms with Gasteiger partial charge in [0, 0.05) is 17.7 Å². The van der Waals surface area contributed by atoms with Crippen LogP contribution < -0.4 is 4.74 Å². The van der Waals surface area contributed by atoms with Crippen molar-refractivity contribution in [2.24, 2.45) is 0 Å². The van der Waals surface area contributed by atoms with Crippen molar-refractivity contribution in [2.45, 2.75) is 59.5 Å². The maximum atomic E-state index is 13.6. The van der Waals surface area contributed by atoms with Crippen LogP contribution in [0.4, 0.5) is 0 Å². The monoisotopic (exact) mass is 555 g/mol. The van der Waals surface area contributed by atoms with Crippen LogP contribution in [-0.4, -0.2) is 40.9 Å². The minimum Gasteiger partial charge on any atom is -0.507 e. The van der Waals surface area contributed by atoms with Crippen molar-refractivity contribution in [2.75, 3.05) is 13.2 Å². The Kier molecular flexibility index (Phi) is 8.66. The predicted molar refractivity (Wildman–Crippen MR) is 158 cm³/mol. The fraction of sp³-hybridized carbons (Fsp3) is 0.324. The third kappa shape index (κ3) is 6.19. The van der Waals surface area contributed by atoms with Gasteiger partial charge in [0.1, 0.15) is 11.5 Å². The van der Waals surface area contributed by atoms with Gasteiger partial charge in [-0.3, -0.25) is 9.59 Å². The van der Waals surface area contributed by atoms with Crippen molar-refractivity contribution in [3.05, 3.63) is 106 Å². The van der Waals surface area contributed by atoms with E-state index in [0.29, 0.717) is 23.5 Å². The zero-order valence-electron chi connectivity index (χ0n) is 24.5. The van der Waals surface area contributed by atoms with Crippen LogP contribution in [0.25, 0.3) is 5.76 Å². The normalized spacial score (nSPS) is 16.6. The van der Waals surface area contributed by atoms with Crippen LogP contribution in [0.3, 0.4) is 0 Å². The van der Waals surface area contributed by atoms with Crippen LogP contribution in [-0.2, 0) is 26.3 Å². The second kappa shape index (κ2) is 12.0. The first-order chi connectivity index (χ1) is 19.5. The van der Waals surface area contributed by atoms with E-state index in [-0.39, 0.29) is 29.9 Å². The lowest BCUT2D eigenvalue weighted by molar-refractivity contribution is -0.140. The molecule has 3 aromatic carbocycles. The molecule has 4 rings (SSSR count). The van der Waals surface area contributed by atoms with Crippen LogP contribution in [0.1, 0.15) is 78.8 Å². The number of benzene rings is 3. The molecule has 1 heterocycles. The summed E-state index contributed by atoms with van der Waals surface area (Å²) in [4.78, 5) is 40.6. The first kappa shape index (κ1) is 29.6. The Morgan fingerprint density at radius 3 is 2.22 bits per heavy atom. The van der Waals surface area contributed by atoms with Crippen LogP contribution >= 0.6 is 0 Å². The number of aryl methyl sites for hydroxylation is 1. The third-order valence-electron chi connectivity index (χ3n) is 7.08. The van der Waals surface area contributed by atoms with Crippen LogP contribution in [0.15, 0.2) is 72.3 Å². The van der Waals surface area contributed by atoms with Crippen molar-refractivity contribution < 1.29 is 29.0 Å². The third-order valence-corrected chi connectivity index (χ3v) is 7.08. The summed E-state index contributed by atoms with van der Waals surface area (Å²) in [6.07, 6.45) is 0. The molecule has 0 radical (unpaired) electrons. The molecular formula is C34H37NO6. The van der Waals surface area contributed by atoms with Gasteiger partial charge in [0.25, 0.3) is 11.7 Å². The van der Waals surface area contributed by atoms with E-state index >= 15 is 0 Å². The second-order valence-electron chi connectivity index (χ2n) is 11.2. The summed E-state index contributed by atoms with van der Waals surface area (Å²) in [5.74, 6) is -1.40. The fourth-order valence-electron chi connectivity index (χ4n) is 5.09. The number of esters is 1. The van der Waals surface area contributed by atoms with E-state index in [1.165, 1.54) is 4.90 Å². The molecule has 7 nitrogen and oxygen atoms in total. The highest BCUT2D eigenvalue weighted by Gasteiger charge is 2.46. The first-order valence-electron chi connectivity index (χ1n) is 13.8. The topological polar surface area (TPSA) is 93.1 Å². The largest absolute Gasteiger partial charge is 0.507 e. The Labute approximate surface area is 241 Å². The lowest BCUT2D eigenvalue weighted by Crippen LogP contribution is -2.29. The summed E-state index contributed by atoms with van der Waals surface area (Å²) in [5.41, 5.74) is 3.87. The van der Waals surface area contributed by atoms with Gasteiger partial charge in [0.2, 0.25) is 0 Å². The van der Waals surface area contributed by atoms with Crippen molar-refractivity contribution in [3.8, 4) is 5.75 Å². The Morgan fingerprint density at radius 1 is 0.927 bits per heavy atom. The molecule has 214 valence electrons. The highest BCUT2D eigenvalue weighted by Crippen LogP contribution is 2.42. The lowest BCUT2D eigenvalue weighted by atomic mass is 9.84. The number of ether oxygens (including phenoxy) is 2. The Morgan fingerprint density at radius 2 is 1.61 bits per heavy atom. The Hall–Kier alpha value is -4.39. The number of Topliss-reactive ketones (excluding diaryl/α,β-unsaturated/α-hetero) is 1. The minimum absolute atomic E-state index is 0.0350. The quantitative estimate of drug-likeness (QED) is 0.148. The maximum Gasteiger partial charge on any atom is 0.338 e. The van der Waals surface area contributed by atoms with Gasteiger partial charge in [-0.15, -0.1) is 0 Å². The van der Waals surface area contributed by atoms with Gasteiger partial charge >= 0.3 is 5.97 Å². The lowest BCUT2D eigenvalue weighted by Gasteiger charge is -2.26. The van der Waals surface area contributed by atoms with E-state index in [0.717, 1.165) is 22.3 Å². The molecular weight excluding hydrogens is 518 g/mol. The number of likely N-dealkylation sites (tertiary alicyclic amines) is 1. The van der Waals surface area contributed by atoms with E-state index in [1.54, 1.807) is 43.3 Å². The number of carbonyl (C=O) groups is 3. The fourth-order valence-corrected chi connectivity index (χ4v) is 5.09. The van der Waals surface area contributed by atoms with Gasteiger partial charge in [0.05, 0.1) is 30.4 Å². The van der Waals surface area contributed by atoms with Gasteiger partial charge in [-0.05, 0) is 67.6 Å². The van der Waals surface area contributed by atoms with Gasteiger partial charge < -0.3 is 19.5 Å². The molecule has 0 saturated carbocycles. The molecule has 1 saturated heterocycles. The summed E-state index contributed by atoms with van der Waals surface area (Å²) in [7, 11) is 0. The van der Waals surface area contributed by atoms with Crippen LogP contribution in [0.5, 0.6) is 5.75 Å². The molecule has 1 amide bonds. The number of aliphatic hydroxyl groups is 1. The smallest absolute Gasteiger partial charge is 0.338 e. The molecule has 0 bridgehead atoms. The van der Waals surface area contributed by atoms with E-state index in [2.05, 4.69) is 0 Å². The number of hydrogen-bond acceptors (Lipinski definition) is 6. The number of rotatable bonds is 8. The molecule has 1 aliphatic rings. The summed E-state index contributed by atoms with van der Waals surface area (Å²) >= 11 is 0. The molecule has 0 aliphatic carbocycles. The van der Waals surface area contributed by atoms with Crippen LogP contribution in [0.2, 0.25) is 0 Å². The molecule has 1 atom stereocenters. The first-order valence-corrected chi connectivity index (χ1v) is 13.8. The summed E-state index contributed by atoms with van der Waals surface area (Å²) in [6, 6.07) is 18.9. The number of carbonyl (C=O) groups excluding carboxylic acids is 3. The second-order valence-corrected chi connectivity index (χ2v) is 11.2. The Bertz CT molecular complexity index is 1500. The molecule has 7 heteroatoms. The SMILES string of the molecule is CCOC(=O)c1ccc(CN2C(=O)C(=O)/C(=C(\O)c3ccc(OCC)c(C(C)(C)C)c3)C2c2cccc(C)c2)cc1. The molecule has 1 aliphatic heterocycles. The van der Waals surface area contributed by atoms with Crippen molar-refractivity contribution in [1.29, 1.82) is 0 Å². The average Bonchev–Trinajstić information content (AvgIpc) is 3.18. The van der Waals surface area contributed by atoms with E-state index < -0.39 is 23.7 Å². The van der Waals surface area contributed by atoms with Crippen molar-refractivity contribution in [3.63, 3.8) is 0 Å². The van der Waals surface area contributed by atoms with Gasteiger partial charge in [-0.2, -0.15) is 0 Å². The summed E-state index contributed by atoms with van der Waals surface area (Å²) in [5, 5.41) is 11.6. The number of nitrogens with zero attached hydrogens (tertiary/aromatic N) is 1. The summed E-state index contributed by atoms with van der Waals surface area (Å²) < 4.78 is 10.9. The number of hydrogen-bond donors (Lipinski definition) is 1. The van der Waals surface area contributed by atoms with Crippen LogP contribution in [0, 0.1) is 6.92 Å². The van der Waals surface area contributed by atoms with Gasteiger partial charge in [0.15, 0.2) is 0 Å². The molecule has 41 heavy (non-hydrogen) atoms.